The third-order valence-corrected chi connectivity index (χ3v) is 5.30. The Hall–Kier alpha value is -2.34. The number of hydrogen-bond donors (Lipinski definition) is 1. The Morgan fingerprint density at radius 3 is 2.73 bits per heavy atom. The maximum atomic E-state index is 12.7. The van der Waals surface area contributed by atoms with Crippen molar-refractivity contribution < 1.29 is 14.3 Å². The normalized spacial score (nSPS) is 19.8. The Labute approximate surface area is 154 Å². The van der Waals surface area contributed by atoms with Gasteiger partial charge in [0.1, 0.15) is 18.0 Å². The molecule has 3 rings (SSSR count). The molecule has 2 heterocycles. The van der Waals surface area contributed by atoms with Gasteiger partial charge < -0.3 is 14.4 Å². The van der Waals surface area contributed by atoms with Crippen molar-refractivity contribution in [2.24, 2.45) is 0 Å². The number of amides is 1. The summed E-state index contributed by atoms with van der Waals surface area (Å²) in [5.74, 6) is 0.964. The SMILES string of the molecule is COC1(COc2ccccc2C)CCN(C(=O)Cc2c(C)n[nH]c2C)C1. The molecular formula is C20H27N3O3. The third kappa shape index (κ3) is 3.75. The molecule has 1 aliphatic rings. The zero-order valence-corrected chi connectivity index (χ0v) is 16.0. The number of methoxy groups -OCH3 is 1. The number of ether oxygens (including phenoxy) is 2. The van der Waals surface area contributed by atoms with Crippen molar-refractivity contribution in [1.29, 1.82) is 0 Å². The first-order valence-corrected chi connectivity index (χ1v) is 8.96. The molecule has 1 aromatic heterocycles. The number of nitrogens with zero attached hydrogens (tertiary/aromatic N) is 2. The standard InChI is InChI=1S/C20H27N3O3/c1-14-7-5-6-8-18(14)26-13-20(25-4)9-10-23(12-20)19(24)11-17-15(2)21-22-16(17)3/h5-8H,9-13H2,1-4H3,(H,21,22). The topological polar surface area (TPSA) is 67.5 Å². The first-order chi connectivity index (χ1) is 12.4. The van der Waals surface area contributed by atoms with Crippen LogP contribution in [-0.2, 0) is 16.0 Å². The van der Waals surface area contributed by atoms with Crippen LogP contribution in [0.2, 0.25) is 0 Å². The highest BCUT2D eigenvalue weighted by molar-refractivity contribution is 5.79. The fourth-order valence-electron chi connectivity index (χ4n) is 3.43. The number of benzene rings is 1. The molecule has 1 saturated heterocycles. The monoisotopic (exact) mass is 357 g/mol. The fraction of sp³-hybridized carbons (Fsp3) is 0.500. The quantitative estimate of drug-likeness (QED) is 0.863. The van der Waals surface area contributed by atoms with Crippen LogP contribution >= 0.6 is 0 Å². The number of rotatable bonds is 6. The number of carbonyl (C=O) groups excluding carboxylic acids is 1. The molecule has 1 unspecified atom stereocenters. The number of aryl methyl sites for hydroxylation is 3. The molecule has 6 heteroatoms. The lowest BCUT2D eigenvalue weighted by atomic mass is 10.0. The molecule has 1 fully saturated rings. The number of hydrogen-bond acceptors (Lipinski definition) is 4. The van der Waals surface area contributed by atoms with Gasteiger partial charge in [-0.05, 0) is 38.8 Å². The maximum absolute atomic E-state index is 12.7. The maximum Gasteiger partial charge on any atom is 0.227 e. The molecule has 6 nitrogen and oxygen atoms in total. The van der Waals surface area contributed by atoms with Gasteiger partial charge in [0.25, 0.3) is 0 Å². The van der Waals surface area contributed by atoms with E-state index in [9.17, 15) is 4.79 Å². The Morgan fingerprint density at radius 2 is 2.08 bits per heavy atom. The lowest BCUT2D eigenvalue weighted by Crippen LogP contribution is -2.42. The molecule has 0 radical (unpaired) electrons. The van der Waals surface area contributed by atoms with Crippen molar-refractivity contribution in [2.45, 2.75) is 39.2 Å². The largest absolute Gasteiger partial charge is 0.490 e. The van der Waals surface area contributed by atoms with Gasteiger partial charge in [0.2, 0.25) is 5.91 Å². The lowest BCUT2D eigenvalue weighted by Gasteiger charge is -2.28. The minimum atomic E-state index is -0.460. The van der Waals surface area contributed by atoms with Crippen LogP contribution in [0.25, 0.3) is 0 Å². The number of para-hydroxylation sites is 1. The second kappa shape index (κ2) is 7.50. The van der Waals surface area contributed by atoms with Gasteiger partial charge >= 0.3 is 0 Å². The molecule has 1 N–H and O–H groups in total. The van der Waals surface area contributed by atoms with Crippen LogP contribution in [0, 0.1) is 20.8 Å². The number of likely N-dealkylation sites (tertiary alicyclic amines) is 1. The van der Waals surface area contributed by atoms with Gasteiger partial charge in [0.05, 0.1) is 18.7 Å². The van der Waals surface area contributed by atoms with E-state index in [1.165, 1.54) is 0 Å². The van der Waals surface area contributed by atoms with Crippen molar-refractivity contribution in [2.75, 3.05) is 26.8 Å². The summed E-state index contributed by atoms with van der Waals surface area (Å²) in [6.45, 7) is 7.55. The molecule has 0 saturated carbocycles. The molecule has 2 aromatic rings. The zero-order valence-electron chi connectivity index (χ0n) is 16.0. The molecule has 140 valence electrons. The molecule has 0 spiro atoms. The molecule has 1 aromatic carbocycles. The van der Waals surface area contributed by atoms with E-state index in [0.29, 0.717) is 26.1 Å². The molecule has 0 aliphatic carbocycles. The smallest absolute Gasteiger partial charge is 0.227 e. The molecule has 0 bridgehead atoms. The van der Waals surface area contributed by atoms with Crippen LogP contribution in [0.5, 0.6) is 5.75 Å². The second-order valence-corrected chi connectivity index (χ2v) is 7.10. The molecule has 1 amide bonds. The predicted octanol–water partition coefficient (Wildman–Crippen LogP) is 2.57. The van der Waals surface area contributed by atoms with Crippen molar-refractivity contribution >= 4 is 5.91 Å². The minimum Gasteiger partial charge on any atom is -0.490 e. The van der Waals surface area contributed by atoms with Crippen molar-refractivity contribution in [1.82, 2.24) is 15.1 Å². The second-order valence-electron chi connectivity index (χ2n) is 7.10. The van der Waals surface area contributed by atoms with Crippen molar-refractivity contribution in [3.05, 3.63) is 46.8 Å². The van der Waals surface area contributed by atoms with Gasteiger partial charge in [-0.1, -0.05) is 18.2 Å². The summed E-state index contributed by atoms with van der Waals surface area (Å²) in [6.07, 6.45) is 1.14. The number of carbonyl (C=O) groups is 1. The van der Waals surface area contributed by atoms with Gasteiger partial charge in [-0.25, -0.2) is 0 Å². The van der Waals surface area contributed by atoms with E-state index in [1.807, 2.05) is 49.9 Å². The van der Waals surface area contributed by atoms with Crippen LogP contribution in [0.15, 0.2) is 24.3 Å². The highest BCUT2D eigenvalue weighted by Crippen LogP contribution is 2.28. The Bertz CT molecular complexity index is 767. The van der Waals surface area contributed by atoms with E-state index in [2.05, 4.69) is 10.2 Å². The van der Waals surface area contributed by atoms with Crippen LogP contribution < -0.4 is 4.74 Å². The summed E-state index contributed by atoms with van der Waals surface area (Å²) < 4.78 is 11.8. The number of nitrogens with one attached hydrogen (secondary N) is 1. The Morgan fingerprint density at radius 1 is 1.31 bits per heavy atom. The Balaban J connectivity index is 1.63. The summed E-state index contributed by atoms with van der Waals surface area (Å²) in [5, 5.41) is 7.11. The highest BCUT2D eigenvalue weighted by atomic mass is 16.5. The average Bonchev–Trinajstić information content (AvgIpc) is 3.20. The van der Waals surface area contributed by atoms with Crippen molar-refractivity contribution in [3.8, 4) is 5.75 Å². The summed E-state index contributed by atoms with van der Waals surface area (Å²) in [4.78, 5) is 14.6. The van der Waals surface area contributed by atoms with Crippen LogP contribution in [0.3, 0.4) is 0 Å². The molecule has 1 aliphatic heterocycles. The molecule has 26 heavy (non-hydrogen) atoms. The highest BCUT2D eigenvalue weighted by Gasteiger charge is 2.41. The average molecular weight is 357 g/mol. The summed E-state index contributed by atoms with van der Waals surface area (Å²) in [6, 6.07) is 7.93. The number of aromatic nitrogens is 2. The van der Waals surface area contributed by atoms with Crippen LogP contribution in [-0.4, -0.2) is 53.4 Å². The fourth-order valence-corrected chi connectivity index (χ4v) is 3.43. The lowest BCUT2D eigenvalue weighted by molar-refractivity contribution is -0.131. The first kappa shape index (κ1) is 18.5. The number of H-pyrrole nitrogens is 1. The van der Waals surface area contributed by atoms with E-state index in [-0.39, 0.29) is 5.91 Å². The van der Waals surface area contributed by atoms with E-state index in [4.69, 9.17) is 9.47 Å². The Kier molecular flexibility index (Phi) is 5.32. The summed E-state index contributed by atoms with van der Waals surface area (Å²) in [7, 11) is 1.69. The van der Waals surface area contributed by atoms with Crippen LogP contribution in [0.1, 0.15) is 28.9 Å². The van der Waals surface area contributed by atoms with Gasteiger partial charge in [0.15, 0.2) is 0 Å². The van der Waals surface area contributed by atoms with Gasteiger partial charge in [-0.2, -0.15) is 5.10 Å². The van der Waals surface area contributed by atoms with E-state index >= 15 is 0 Å². The number of aromatic amines is 1. The predicted molar refractivity (Wildman–Crippen MR) is 99.4 cm³/mol. The molecule has 1 atom stereocenters. The van der Waals surface area contributed by atoms with Gasteiger partial charge in [-0.3, -0.25) is 9.89 Å². The van der Waals surface area contributed by atoms with E-state index in [1.54, 1.807) is 7.11 Å². The van der Waals surface area contributed by atoms with Crippen molar-refractivity contribution in [3.63, 3.8) is 0 Å². The van der Waals surface area contributed by atoms with Crippen LogP contribution in [0.4, 0.5) is 0 Å². The minimum absolute atomic E-state index is 0.104. The molecular weight excluding hydrogens is 330 g/mol. The zero-order chi connectivity index (χ0) is 18.7. The first-order valence-electron chi connectivity index (χ1n) is 8.96. The van der Waals surface area contributed by atoms with Gasteiger partial charge in [-0.15, -0.1) is 0 Å². The third-order valence-electron chi connectivity index (χ3n) is 5.30. The van der Waals surface area contributed by atoms with E-state index < -0.39 is 5.60 Å². The summed E-state index contributed by atoms with van der Waals surface area (Å²) >= 11 is 0. The summed E-state index contributed by atoms with van der Waals surface area (Å²) in [5.41, 5.74) is 3.46. The van der Waals surface area contributed by atoms with Gasteiger partial charge in [0, 0.05) is 24.9 Å². The van der Waals surface area contributed by atoms with E-state index in [0.717, 1.165) is 34.7 Å².